The molecule has 0 radical (unpaired) electrons. The van der Waals surface area contributed by atoms with Crippen LogP contribution in [0.4, 0.5) is 23.2 Å². The lowest BCUT2D eigenvalue weighted by Gasteiger charge is -2.19. The van der Waals surface area contributed by atoms with Crippen molar-refractivity contribution in [1.29, 1.82) is 0 Å². The summed E-state index contributed by atoms with van der Waals surface area (Å²) >= 11 is 0. The molecule has 0 bridgehead atoms. The topological polar surface area (TPSA) is 46.2 Å². The van der Waals surface area contributed by atoms with Gasteiger partial charge < -0.3 is 10.8 Å². The summed E-state index contributed by atoms with van der Waals surface area (Å²) in [6, 6.07) is 7.80. The lowest BCUT2D eigenvalue weighted by atomic mass is 9.95. The first-order valence-corrected chi connectivity index (χ1v) is 5.70. The van der Waals surface area contributed by atoms with Crippen LogP contribution in [0.1, 0.15) is 22.8 Å². The molecule has 0 aliphatic heterocycles. The van der Waals surface area contributed by atoms with Gasteiger partial charge in [-0.05, 0) is 23.8 Å². The van der Waals surface area contributed by atoms with Crippen molar-refractivity contribution in [2.75, 3.05) is 5.73 Å². The Bertz CT molecular complexity index is 625. The number of hydrogen-bond acceptors (Lipinski definition) is 2. The zero-order valence-corrected chi connectivity index (χ0v) is 10.2. The third-order valence-electron chi connectivity index (χ3n) is 2.90. The number of aliphatic hydroxyl groups is 1. The normalized spacial score (nSPS) is 13.2. The van der Waals surface area contributed by atoms with Gasteiger partial charge in [0.1, 0.15) is 11.9 Å². The van der Waals surface area contributed by atoms with Gasteiger partial charge in [-0.2, -0.15) is 13.2 Å². The van der Waals surface area contributed by atoms with E-state index in [9.17, 15) is 22.7 Å². The minimum absolute atomic E-state index is 0.0306. The lowest BCUT2D eigenvalue weighted by Crippen LogP contribution is -2.13. The second-order valence-electron chi connectivity index (χ2n) is 4.26. The van der Waals surface area contributed by atoms with Crippen molar-refractivity contribution < 1.29 is 22.7 Å². The number of nitrogen functional groups attached to an aromatic ring is 1. The molecule has 2 aromatic carbocycles. The third kappa shape index (κ3) is 2.75. The molecule has 0 spiro atoms. The predicted octanol–water partition coefficient (Wildman–Crippen LogP) is 3.51. The zero-order chi connectivity index (χ0) is 14.9. The maximum atomic E-state index is 12.9. The van der Waals surface area contributed by atoms with E-state index in [0.717, 1.165) is 24.3 Å². The quantitative estimate of drug-likeness (QED) is 0.655. The highest BCUT2D eigenvalue weighted by Crippen LogP contribution is 2.37. The number of halogens is 4. The number of nitrogens with two attached hydrogens (primary N) is 1. The smallest absolute Gasteiger partial charge is 0.398 e. The number of aliphatic hydroxyl groups excluding tert-OH is 1. The number of rotatable bonds is 2. The molecule has 0 aliphatic carbocycles. The van der Waals surface area contributed by atoms with Gasteiger partial charge in [0, 0.05) is 11.3 Å². The minimum atomic E-state index is -4.59. The fourth-order valence-electron chi connectivity index (χ4n) is 1.96. The Morgan fingerprint density at radius 3 is 2.25 bits per heavy atom. The van der Waals surface area contributed by atoms with E-state index in [2.05, 4.69) is 0 Å². The summed E-state index contributed by atoms with van der Waals surface area (Å²) in [7, 11) is 0. The van der Waals surface area contributed by atoms with Crippen LogP contribution in [0.25, 0.3) is 0 Å². The molecule has 6 heteroatoms. The molecule has 2 aromatic rings. The van der Waals surface area contributed by atoms with Crippen LogP contribution in [-0.2, 0) is 6.18 Å². The molecule has 0 heterocycles. The standard InChI is InChI=1S/C14H11F4NO/c15-8-5-6-10(12(19)7-8)13(20)9-3-1-2-4-11(9)14(16,17)18/h1-7,13,20H,19H2. The van der Waals surface area contributed by atoms with Gasteiger partial charge in [-0.25, -0.2) is 4.39 Å². The van der Waals surface area contributed by atoms with E-state index in [1.165, 1.54) is 18.2 Å². The van der Waals surface area contributed by atoms with Gasteiger partial charge in [0.05, 0.1) is 5.56 Å². The Balaban J connectivity index is 2.51. The van der Waals surface area contributed by atoms with Crippen LogP contribution in [0.5, 0.6) is 0 Å². The van der Waals surface area contributed by atoms with E-state index in [0.29, 0.717) is 0 Å². The Hall–Kier alpha value is -2.08. The van der Waals surface area contributed by atoms with E-state index in [1.807, 2.05) is 0 Å². The van der Waals surface area contributed by atoms with Crippen molar-refractivity contribution in [2.24, 2.45) is 0 Å². The van der Waals surface area contributed by atoms with Gasteiger partial charge in [0.25, 0.3) is 0 Å². The Kier molecular flexibility index (Phi) is 3.67. The second-order valence-corrected chi connectivity index (χ2v) is 4.26. The van der Waals surface area contributed by atoms with E-state index in [4.69, 9.17) is 5.73 Å². The first-order chi connectivity index (χ1) is 9.30. The summed E-state index contributed by atoms with van der Waals surface area (Å²) in [6.07, 6.45) is -6.17. The molecule has 20 heavy (non-hydrogen) atoms. The molecule has 0 saturated heterocycles. The van der Waals surface area contributed by atoms with Crippen LogP contribution in [0.15, 0.2) is 42.5 Å². The van der Waals surface area contributed by atoms with Crippen LogP contribution in [0.2, 0.25) is 0 Å². The highest BCUT2D eigenvalue weighted by atomic mass is 19.4. The number of alkyl halides is 3. The summed E-state index contributed by atoms with van der Waals surface area (Å²) in [5, 5.41) is 10.1. The predicted molar refractivity (Wildman–Crippen MR) is 66.3 cm³/mol. The van der Waals surface area contributed by atoms with Gasteiger partial charge in [0.2, 0.25) is 0 Å². The van der Waals surface area contributed by atoms with E-state index in [-0.39, 0.29) is 16.8 Å². The lowest BCUT2D eigenvalue weighted by molar-refractivity contribution is -0.139. The van der Waals surface area contributed by atoms with E-state index >= 15 is 0 Å². The van der Waals surface area contributed by atoms with Crippen LogP contribution in [0, 0.1) is 5.82 Å². The molecule has 0 amide bonds. The number of benzene rings is 2. The maximum Gasteiger partial charge on any atom is 0.416 e. The average molecular weight is 285 g/mol. The van der Waals surface area contributed by atoms with Crippen molar-refractivity contribution in [3.8, 4) is 0 Å². The van der Waals surface area contributed by atoms with Gasteiger partial charge in [0.15, 0.2) is 0 Å². The van der Waals surface area contributed by atoms with Crippen LogP contribution >= 0.6 is 0 Å². The van der Waals surface area contributed by atoms with Gasteiger partial charge in [-0.1, -0.05) is 24.3 Å². The summed E-state index contributed by atoms with van der Waals surface area (Å²) in [5.74, 6) is -0.623. The van der Waals surface area contributed by atoms with Crippen molar-refractivity contribution >= 4 is 5.69 Å². The zero-order valence-electron chi connectivity index (χ0n) is 10.2. The summed E-state index contributed by atoms with van der Waals surface area (Å²) in [4.78, 5) is 0. The van der Waals surface area contributed by atoms with Gasteiger partial charge in [-0.15, -0.1) is 0 Å². The fourth-order valence-corrected chi connectivity index (χ4v) is 1.96. The molecule has 2 nitrogen and oxygen atoms in total. The maximum absolute atomic E-state index is 12.9. The highest BCUT2D eigenvalue weighted by Gasteiger charge is 2.35. The Morgan fingerprint density at radius 2 is 1.65 bits per heavy atom. The largest absolute Gasteiger partial charge is 0.416 e. The summed E-state index contributed by atoms with van der Waals surface area (Å²) in [6.45, 7) is 0. The number of anilines is 1. The van der Waals surface area contributed by atoms with Gasteiger partial charge >= 0.3 is 6.18 Å². The van der Waals surface area contributed by atoms with Crippen LogP contribution in [-0.4, -0.2) is 5.11 Å². The first kappa shape index (κ1) is 14.3. The monoisotopic (exact) mass is 285 g/mol. The summed E-state index contributed by atoms with van der Waals surface area (Å²) < 4.78 is 51.6. The Labute approximate surface area is 112 Å². The molecule has 0 fully saturated rings. The van der Waals surface area contributed by atoms with Gasteiger partial charge in [-0.3, -0.25) is 0 Å². The molecule has 106 valence electrons. The van der Waals surface area contributed by atoms with Crippen LogP contribution < -0.4 is 5.73 Å². The molecule has 0 aliphatic rings. The molecule has 0 saturated carbocycles. The second kappa shape index (κ2) is 5.13. The van der Waals surface area contributed by atoms with Crippen molar-refractivity contribution in [3.05, 3.63) is 65.0 Å². The highest BCUT2D eigenvalue weighted by molar-refractivity contribution is 5.52. The molecule has 0 aromatic heterocycles. The molecular formula is C14H11F4NO. The molecule has 2 rings (SSSR count). The Morgan fingerprint density at radius 1 is 1.00 bits per heavy atom. The fraction of sp³-hybridized carbons (Fsp3) is 0.143. The molecule has 3 N–H and O–H groups in total. The average Bonchev–Trinajstić information content (AvgIpc) is 2.37. The summed E-state index contributed by atoms with van der Waals surface area (Å²) in [5.41, 5.74) is 4.20. The SMILES string of the molecule is Nc1cc(F)ccc1C(O)c1ccccc1C(F)(F)F. The van der Waals surface area contributed by atoms with Crippen molar-refractivity contribution in [3.63, 3.8) is 0 Å². The van der Waals surface area contributed by atoms with E-state index in [1.54, 1.807) is 0 Å². The van der Waals surface area contributed by atoms with Crippen molar-refractivity contribution in [2.45, 2.75) is 12.3 Å². The van der Waals surface area contributed by atoms with Crippen molar-refractivity contribution in [1.82, 2.24) is 0 Å². The minimum Gasteiger partial charge on any atom is -0.398 e. The molecule has 1 unspecified atom stereocenters. The van der Waals surface area contributed by atoms with E-state index < -0.39 is 23.7 Å². The van der Waals surface area contributed by atoms with Crippen LogP contribution in [0.3, 0.4) is 0 Å². The molecular weight excluding hydrogens is 274 g/mol. The molecule has 1 atom stereocenters. The third-order valence-corrected chi connectivity index (χ3v) is 2.90. The first-order valence-electron chi connectivity index (χ1n) is 5.70. The number of hydrogen-bond donors (Lipinski definition) is 2.